The molecule has 2 fully saturated rings. The van der Waals surface area contributed by atoms with Crippen molar-refractivity contribution in [2.45, 2.75) is 57.5 Å². The Morgan fingerprint density at radius 3 is 2.62 bits per heavy atom. The first-order chi connectivity index (χ1) is 12.5. The molecule has 2 N–H and O–H groups in total. The van der Waals surface area contributed by atoms with E-state index >= 15 is 0 Å². The number of hydrogen-bond acceptors (Lipinski definition) is 3. The summed E-state index contributed by atoms with van der Waals surface area (Å²) >= 11 is 0. The first-order valence-corrected chi connectivity index (χ1v) is 9.33. The molecule has 1 saturated heterocycles. The number of carboxylic acid groups (broad SMARTS) is 1. The third kappa shape index (κ3) is 4.06. The highest BCUT2D eigenvalue weighted by molar-refractivity contribution is 5.89. The van der Waals surface area contributed by atoms with Gasteiger partial charge in [0, 0.05) is 19.0 Å². The molecule has 1 aliphatic carbocycles. The zero-order valence-corrected chi connectivity index (χ0v) is 15.1. The summed E-state index contributed by atoms with van der Waals surface area (Å²) in [6, 6.07) is 7.14. The van der Waals surface area contributed by atoms with Crippen molar-refractivity contribution in [2.24, 2.45) is 5.92 Å². The molecule has 0 spiro atoms. The Labute approximate surface area is 153 Å². The van der Waals surface area contributed by atoms with E-state index in [1.54, 1.807) is 0 Å². The van der Waals surface area contributed by atoms with E-state index in [9.17, 15) is 19.5 Å². The summed E-state index contributed by atoms with van der Waals surface area (Å²) in [7, 11) is 0. The maximum absolute atomic E-state index is 12.7. The lowest BCUT2D eigenvalue weighted by Crippen LogP contribution is -2.38. The molecule has 140 valence electrons. The van der Waals surface area contributed by atoms with Gasteiger partial charge in [-0.2, -0.15) is 0 Å². The molecule has 6 nitrogen and oxygen atoms in total. The molecule has 2 aliphatic rings. The summed E-state index contributed by atoms with van der Waals surface area (Å²) in [6.07, 6.45) is 4.36. The summed E-state index contributed by atoms with van der Waals surface area (Å²) in [5, 5.41) is 12.1. The van der Waals surface area contributed by atoms with Crippen LogP contribution in [-0.4, -0.2) is 40.4 Å². The van der Waals surface area contributed by atoms with Crippen molar-refractivity contribution in [3.8, 4) is 0 Å². The molecule has 1 aromatic rings. The van der Waals surface area contributed by atoms with E-state index in [-0.39, 0.29) is 30.7 Å². The number of nitrogens with one attached hydrogen (secondary N) is 1. The van der Waals surface area contributed by atoms with Gasteiger partial charge in [0.2, 0.25) is 11.8 Å². The van der Waals surface area contributed by atoms with Crippen LogP contribution in [0.1, 0.15) is 55.7 Å². The van der Waals surface area contributed by atoms with Gasteiger partial charge in [0.25, 0.3) is 0 Å². The van der Waals surface area contributed by atoms with Crippen LogP contribution in [0.5, 0.6) is 0 Å². The second-order valence-electron chi connectivity index (χ2n) is 7.40. The maximum Gasteiger partial charge on any atom is 0.305 e. The van der Waals surface area contributed by atoms with Crippen molar-refractivity contribution in [3.63, 3.8) is 0 Å². The van der Waals surface area contributed by atoms with Gasteiger partial charge in [-0.3, -0.25) is 14.4 Å². The van der Waals surface area contributed by atoms with Crippen molar-refractivity contribution in [3.05, 3.63) is 35.4 Å². The molecule has 3 rings (SSSR count). The van der Waals surface area contributed by atoms with Crippen LogP contribution in [0.3, 0.4) is 0 Å². The second kappa shape index (κ2) is 7.89. The van der Waals surface area contributed by atoms with Gasteiger partial charge in [-0.1, -0.05) is 37.1 Å². The van der Waals surface area contributed by atoms with Crippen molar-refractivity contribution in [1.82, 2.24) is 10.2 Å². The number of likely N-dealkylation sites (tertiary alicyclic amines) is 1. The molecule has 6 heteroatoms. The Bertz CT molecular complexity index is 697. The number of carbonyl (C=O) groups excluding carboxylic acids is 2. The van der Waals surface area contributed by atoms with Crippen LogP contribution >= 0.6 is 0 Å². The van der Waals surface area contributed by atoms with Crippen LogP contribution in [0.4, 0.5) is 0 Å². The molecule has 1 saturated carbocycles. The van der Waals surface area contributed by atoms with E-state index in [2.05, 4.69) is 5.32 Å². The average Bonchev–Trinajstić information content (AvgIpc) is 3.23. The lowest BCUT2D eigenvalue weighted by molar-refractivity contribution is -0.138. The highest BCUT2D eigenvalue weighted by Gasteiger charge is 2.39. The minimum absolute atomic E-state index is 0.0442. The first kappa shape index (κ1) is 18.4. The maximum atomic E-state index is 12.7. The smallest absolute Gasteiger partial charge is 0.305 e. The average molecular weight is 358 g/mol. The monoisotopic (exact) mass is 358 g/mol. The number of hydrogen-bond donors (Lipinski definition) is 2. The van der Waals surface area contributed by atoms with Crippen LogP contribution in [0.2, 0.25) is 0 Å². The summed E-state index contributed by atoms with van der Waals surface area (Å²) in [6.45, 7) is 2.35. The predicted octanol–water partition coefficient (Wildman–Crippen LogP) is 2.42. The second-order valence-corrected chi connectivity index (χ2v) is 7.40. The van der Waals surface area contributed by atoms with Gasteiger partial charge < -0.3 is 15.3 Å². The van der Waals surface area contributed by atoms with Gasteiger partial charge in [0.15, 0.2) is 0 Å². The Balaban J connectivity index is 1.69. The van der Waals surface area contributed by atoms with Gasteiger partial charge in [0.05, 0.1) is 18.4 Å². The van der Waals surface area contributed by atoms with Gasteiger partial charge in [-0.25, -0.2) is 0 Å². The minimum Gasteiger partial charge on any atom is -0.481 e. The van der Waals surface area contributed by atoms with E-state index in [0.29, 0.717) is 6.54 Å². The van der Waals surface area contributed by atoms with Crippen LogP contribution in [0.15, 0.2) is 24.3 Å². The quantitative estimate of drug-likeness (QED) is 0.818. The Hall–Kier alpha value is -2.37. The highest BCUT2D eigenvalue weighted by atomic mass is 16.4. The van der Waals surface area contributed by atoms with Crippen LogP contribution in [-0.2, 0) is 14.4 Å². The third-order valence-electron chi connectivity index (χ3n) is 5.55. The molecule has 1 aliphatic heterocycles. The lowest BCUT2D eigenvalue weighted by atomic mass is 9.97. The fourth-order valence-electron chi connectivity index (χ4n) is 4.16. The van der Waals surface area contributed by atoms with E-state index < -0.39 is 17.9 Å². The number of amides is 2. The molecule has 0 aromatic heterocycles. The van der Waals surface area contributed by atoms with Crippen molar-refractivity contribution in [2.75, 3.05) is 6.54 Å². The molecule has 1 heterocycles. The van der Waals surface area contributed by atoms with E-state index in [1.807, 2.05) is 36.1 Å². The summed E-state index contributed by atoms with van der Waals surface area (Å²) < 4.78 is 0. The van der Waals surface area contributed by atoms with Gasteiger partial charge in [0.1, 0.15) is 0 Å². The molecule has 0 radical (unpaired) electrons. The number of rotatable bonds is 6. The van der Waals surface area contributed by atoms with Gasteiger partial charge in [-0.05, 0) is 30.9 Å². The predicted molar refractivity (Wildman–Crippen MR) is 96.4 cm³/mol. The van der Waals surface area contributed by atoms with E-state index in [4.69, 9.17) is 0 Å². The van der Waals surface area contributed by atoms with E-state index in [1.165, 1.54) is 0 Å². The highest BCUT2D eigenvalue weighted by Crippen LogP contribution is 2.30. The zero-order valence-electron chi connectivity index (χ0n) is 15.1. The molecular formula is C20H26N2O4. The molecule has 26 heavy (non-hydrogen) atoms. The molecule has 2 unspecified atom stereocenters. The van der Waals surface area contributed by atoms with Crippen molar-refractivity contribution >= 4 is 17.8 Å². The fraction of sp³-hybridized carbons (Fsp3) is 0.550. The molecule has 2 amide bonds. The normalized spacial score (nSPS) is 21.8. The Morgan fingerprint density at radius 2 is 1.96 bits per heavy atom. The standard InChI is InChI=1S/C20H26N2O4/c1-13-6-2-5-9-16(13)17(11-19(24)25)21-20(26)14-10-18(23)22(12-14)15-7-3-4-8-15/h2,5-6,9,14-15,17H,3-4,7-8,10-12H2,1H3,(H,21,26)(H,24,25). The fourth-order valence-corrected chi connectivity index (χ4v) is 4.16. The molecule has 2 atom stereocenters. The van der Waals surface area contributed by atoms with Crippen LogP contribution in [0, 0.1) is 12.8 Å². The van der Waals surface area contributed by atoms with Gasteiger partial charge in [-0.15, -0.1) is 0 Å². The van der Waals surface area contributed by atoms with Crippen LogP contribution in [0.25, 0.3) is 0 Å². The number of benzene rings is 1. The zero-order chi connectivity index (χ0) is 18.7. The summed E-state index contributed by atoms with van der Waals surface area (Å²) in [5.74, 6) is -1.55. The molecule has 1 aromatic carbocycles. The summed E-state index contributed by atoms with van der Waals surface area (Å²) in [5.41, 5.74) is 1.74. The molecular weight excluding hydrogens is 332 g/mol. The third-order valence-corrected chi connectivity index (χ3v) is 5.55. The van der Waals surface area contributed by atoms with Crippen molar-refractivity contribution in [1.29, 1.82) is 0 Å². The number of carbonyl (C=O) groups is 3. The number of aliphatic carboxylic acids is 1. The first-order valence-electron chi connectivity index (χ1n) is 9.33. The van der Waals surface area contributed by atoms with Crippen LogP contribution < -0.4 is 5.32 Å². The minimum atomic E-state index is -0.964. The molecule has 0 bridgehead atoms. The Kier molecular flexibility index (Phi) is 5.59. The largest absolute Gasteiger partial charge is 0.481 e. The number of aryl methyl sites for hydroxylation is 1. The SMILES string of the molecule is Cc1ccccc1C(CC(=O)O)NC(=O)C1CC(=O)N(C2CCCC2)C1. The van der Waals surface area contributed by atoms with E-state index in [0.717, 1.165) is 36.8 Å². The summed E-state index contributed by atoms with van der Waals surface area (Å²) in [4.78, 5) is 38.2. The number of carboxylic acids is 1. The van der Waals surface area contributed by atoms with Gasteiger partial charge >= 0.3 is 5.97 Å². The number of nitrogens with zero attached hydrogens (tertiary/aromatic N) is 1. The lowest BCUT2D eigenvalue weighted by Gasteiger charge is -2.24. The Morgan fingerprint density at radius 1 is 1.27 bits per heavy atom. The van der Waals surface area contributed by atoms with Crippen molar-refractivity contribution < 1.29 is 19.5 Å². The topological polar surface area (TPSA) is 86.7 Å².